The van der Waals surface area contributed by atoms with Gasteiger partial charge in [-0.25, -0.2) is 10.7 Å². The molecule has 6 heteroatoms. The molecule has 0 fully saturated rings. The lowest BCUT2D eigenvalue weighted by molar-refractivity contribution is -0.151. The zero-order valence-electron chi connectivity index (χ0n) is 7.04. The summed E-state index contributed by atoms with van der Waals surface area (Å²) >= 11 is 0. The first kappa shape index (κ1) is 10.3. The van der Waals surface area contributed by atoms with Crippen LogP contribution in [0.3, 0.4) is 0 Å². The summed E-state index contributed by atoms with van der Waals surface area (Å²) in [6.45, 7) is 0. The van der Waals surface area contributed by atoms with Crippen molar-refractivity contribution in [3.8, 4) is 11.5 Å². The van der Waals surface area contributed by atoms with Gasteiger partial charge in [0.2, 0.25) is 6.10 Å². The predicted molar refractivity (Wildman–Crippen MR) is 45.4 cm³/mol. The first-order valence-electron chi connectivity index (χ1n) is 3.66. The van der Waals surface area contributed by atoms with E-state index in [4.69, 9.17) is 21.2 Å². The van der Waals surface area contributed by atoms with Gasteiger partial charge in [-0.3, -0.25) is 4.84 Å². The van der Waals surface area contributed by atoms with Gasteiger partial charge in [-0.2, -0.15) is 0 Å². The van der Waals surface area contributed by atoms with E-state index in [9.17, 15) is 4.79 Å². The van der Waals surface area contributed by atoms with Crippen LogP contribution in [-0.2, 0) is 9.63 Å². The molecule has 0 amide bonds. The number of hydrogen-bond acceptors (Lipinski definition) is 5. The maximum atomic E-state index is 10.6. The van der Waals surface area contributed by atoms with Crippen LogP contribution in [0.2, 0.25) is 0 Å². The van der Waals surface area contributed by atoms with E-state index in [0.717, 1.165) is 12.1 Å². The van der Waals surface area contributed by atoms with E-state index in [2.05, 4.69) is 4.84 Å². The fraction of sp³-hybridized carbons (Fsp3) is 0.125. The summed E-state index contributed by atoms with van der Waals surface area (Å²) in [6, 6.07) is 3.52. The van der Waals surface area contributed by atoms with Gasteiger partial charge in [-0.05, 0) is 17.7 Å². The summed E-state index contributed by atoms with van der Waals surface area (Å²) in [5.74, 6) is 2.73. The monoisotopic (exact) mass is 199 g/mol. The highest BCUT2D eigenvalue weighted by Gasteiger charge is 2.20. The highest BCUT2D eigenvalue weighted by Crippen LogP contribution is 2.28. The number of benzene rings is 1. The first-order valence-corrected chi connectivity index (χ1v) is 3.66. The average molecular weight is 199 g/mol. The molecule has 1 atom stereocenters. The third-order valence-electron chi connectivity index (χ3n) is 1.66. The molecule has 0 saturated carbocycles. The van der Waals surface area contributed by atoms with E-state index < -0.39 is 17.8 Å². The molecule has 5 N–H and O–H groups in total. The maximum Gasteiger partial charge on any atom is 0.339 e. The second kappa shape index (κ2) is 3.95. The van der Waals surface area contributed by atoms with Crippen LogP contribution in [0, 0.1) is 0 Å². The molecule has 0 heterocycles. The Labute approximate surface area is 79.1 Å². The van der Waals surface area contributed by atoms with Crippen LogP contribution in [0.4, 0.5) is 0 Å². The van der Waals surface area contributed by atoms with Crippen LogP contribution in [0.15, 0.2) is 18.2 Å². The molecule has 0 aliphatic heterocycles. The Kier molecular flexibility index (Phi) is 2.90. The van der Waals surface area contributed by atoms with E-state index in [1.54, 1.807) is 0 Å². The minimum Gasteiger partial charge on any atom is -0.504 e. The van der Waals surface area contributed by atoms with Crippen LogP contribution < -0.4 is 5.90 Å². The number of carbonyl (C=O) groups is 1. The van der Waals surface area contributed by atoms with Crippen molar-refractivity contribution in [2.24, 2.45) is 5.90 Å². The van der Waals surface area contributed by atoms with Crippen molar-refractivity contribution in [3.63, 3.8) is 0 Å². The lowest BCUT2D eigenvalue weighted by atomic mass is 10.1. The van der Waals surface area contributed by atoms with E-state index in [1.807, 2.05) is 0 Å². The lowest BCUT2D eigenvalue weighted by Gasteiger charge is -2.10. The molecule has 1 unspecified atom stereocenters. The number of carboxylic acids is 1. The van der Waals surface area contributed by atoms with Crippen molar-refractivity contribution < 1.29 is 25.0 Å². The Morgan fingerprint density at radius 1 is 1.36 bits per heavy atom. The number of aromatic hydroxyl groups is 2. The molecule has 1 aromatic rings. The number of nitrogens with two attached hydrogens (primary N) is 1. The molecule has 14 heavy (non-hydrogen) atoms. The number of rotatable bonds is 3. The largest absolute Gasteiger partial charge is 0.504 e. The van der Waals surface area contributed by atoms with Gasteiger partial charge in [0.15, 0.2) is 11.5 Å². The molecule has 76 valence electrons. The van der Waals surface area contributed by atoms with Crippen LogP contribution in [0.5, 0.6) is 11.5 Å². The average Bonchev–Trinajstić information content (AvgIpc) is 2.11. The van der Waals surface area contributed by atoms with Crippen LogP contribution in [0.25, 0.3) is 0 Å². The summed E-state index contributed by atoms with van der Waals surface area (Å²) in [6.07, 6.45) is -1.36. The molecule has 0 aliphatic rings. The summed E-state index contributed by atoms with van der Waals surface area (Å²) < 4.78 is 0. The molecule has 0 radical (unpaired) electrons. The van der Waals surface area contributed by atoms with Gasteiger partial charge < -0.3 is 15.3 Å². The van der Waals surface area contributed by atoms with Crippen LogP contribution in [0.1, 0.15) is 11.7 Å². The smallest absolute Gasteiger partial charge is 0.339 e. The number of carboxylic acid groups (broad SMARTS) is 1. The lowest BCUT2D eigenvalue weighted by Crippen LogP contribution is -2.18. The fourth-order valence-electron chi connectivity index (χ4n) is 0.983. The molecule has 0 saturated heterocycles. The van der Waals surface area contributed by atoms with Crippen molar-refractivity contribution in [3.05, 3.63) is 23.8 Å². The minimum atomic E-state index is -1.36. The van der Waals surface area contributed by atoms with Gasteiger partial charge in [0.25, 0.3) is 0 Å². The van der Waals surface area contributed by atoms with Crippen molar-refractivity contribution in [1.29, 1.82) is 0 Å². The van der Waals surface area contributed by atoms with Crippen LogP contribution in [-0.4, -0.2) is 21.3 Å². The van der Waals surface area contributed by atoms with Crippen molar-refractivity contribution >= 4 is 5.97 Å². The predicted octanol–water partition coefficient (Wildman–Crippen LogP) is 0.114. The van der Waals surface area contributed by atoms with Gasteiger partial charge in [0, 0.05) is 0 Å². The summed E-state index contributed by atoms with van der Waals surface area (Å²) in [5.41, 5.74) is 0.148. The zero-order chi connectivity index (χ0) is 10.7. The van der Waals surface area contributed by atoms with E-state index in [1.165, 1.54) is 6.07 Å². The molecule has 6 nitrogen and oxygen atoms in total. The highest BCUT2D eigenvalue weighted by atomic mass is 16.6. The highest BCUT2D eigenvalue weighted by molar-refractivity contribution is 5.74. The third kappa shape index (κ3) is 1.93. The molecule has 0 bridgehead atoms. The second-order valence-corrected chi connectivity index (χ2v) is 2.60. The molecule has 1 rings (SSSR count). The van der Waals surface area contributed by atoms with Gasteiger partial charge >= 0.3 is 5.97 Å². The molecule has 0 aliphatic carbocycles. The SMILES string of the molecule is NOC(C(=O)O)c1ccc(O)c(O)c1. The quantitative estimate of drug-likeness (QED) is 0.406. The Balaban J connectivity index is 3.06. The van der Waals surface area contributed by atoms with E-state index >= 15 is 0 Å². The molecule has 0 spiro atoms. The zero-order valence-corrected chi connectivity index (χ0v) is 7.04. The number of hydrogen-bond donors (Lipinski definition) is 4. The first-order chi connectivity index (χ1) is 6.56. The van der Waals surface area contributed by atoms with Gasteiger partial charge in [-0.15, -0.1) is 0 Å². The molecule has 0 aromatic heterocycles. The standard InChI is InChI=1S/C8H9NO5/c9-14-7(8(12)13)4-1-2-5(10)6(11)3-4/h1-3,7,10-11H,9H2,(H,12,13). The van der Waals surface area contributed by atoms with Crippen molar-refractivity contribution in [2.75, 3.05) is 0 Å². The summed E-state index contributed by atoms with van der Waals surface area (Å²) in [4.78, 5) is 14.8. The summed E-state index contributed by atoms with van der Waals surface area (Å²) in [7, 11) is 0. The number of aliphatic carboxylic acids is 1. The Bertz CT molecular complexity index is 352. The fourth-order valence-corrected chi connectivity index (χ4v) is 0.983. The van der Waals surface area contributed by atoms with E-state index in [-0.39, 0.29) is 11.3 Å². The van der Waals surface area contributed by atoms with Gasteiger partial charge in [0.05, 0.1) is 0 Å². The molecule has 1 aromatic carbocycles. The van der Waals surface area contributed by atoms with Crippen LogP contribution >= 0.6 is 0 Å². The minimum absolute atomic E-state index is 0.148. The Morgan fingerprint density at radius 3 is 2.43 bits per heavy atom. The molecular formula is C8H9NO5. The van der Waals surface area contributed by atoms with E-state index in [0.29, 0.717) is 0 Å². The van der Waals surface area contributed by atoms with Gasteiger partial charge in [0.1, 0.15) is 0 Å². The molecular weight excluding hydrogens is 190 g/mol. The maximum absolute atomic E-state index is 10.6. The summed E-state index contributed by atoms with van der Waals surface area (Å²) in [5, 5.41) is 26.7. The third-order valence-corrected chi connectivity index (χ3v) is 1.66. The Morgan fingerprint density at radius 2 is 2.00 bits per heavy atom. The number of phenolic OH excluding ortho intramolecular Hbond substituents is 2. The topological polar surface area (TPSA) is 113 Å². The normalized spacial score (nSPS) is 12.4. The Hall–Kier alpha value is -1.79. The number of phenols is 2. The van der Waals surface area contributed by atoms with Gasteiger partial charge in [-0.1, -0.05) is 6.07 Å². The van der Waals surface area contributed by atoms with Crippen molar-refractivity contribution in [2.45, 2.75) is 6.10 Å². The second-order valence-electron chi connectivity index (χ2n) is 2.60. The van der Waals surface area contributed by atoms with Crippen molar-refractivity contribution in [1.82, 2.24) is 0 Å².